The van der Waals surface area contributed by atoms with Crippen LogP contribution >= 0.6 is 0 Å². The highest BCUT2D eigenvalue weighted by Gasteiger charge is 2.34. The summed E-state index contributed by atoms with van der Waals surface area (Å²) < 4.78 is 0. The van der Waals surface area contributed by atoms with Gasteiger partial charge >= 0.3 is 0 Å². The van der Waals surface area contributed by atoms with Crippen LogP contribution < -0.4 is 11.1 Å². The van der Waals surface area contributed by atoms with Crippen LogP contribution in [0.2, 0.25) is 0 Å². The maximum atomic E-state index is 11.7. The lowest BCUT2D eigenvalue weighted by Gasteiger charge is -2.37. The van der Waals surface area contributed by atoms with E-state index >= 15 is 0 Å². The van der Waals surface area contributed by atoms with Crippen molar-refractivity contribution in [2.24, 2.45) is 11.7 Å². The lowest BCUT2D eigenvalue weighted by molar-refractivity contribution is -0.124. The molecular weight excluding hydrogens is 204 g/mol. The van der Waals surface area contributed by atoms with E-state index in [1.807, 2.05) is 0 Å². The molecule has 16 heavy (non-hydrogen) atoms. The van der Waals surface area contributed by atoms with Gasteiger partial charge < -0.3 is 16.2 Å². The van der Waals surface area contributed by atoms with Crippen molar-refractivity contribution in [2.45, 2.75) is 57.5 Å². The summed E-state index contributed by atoms with van der Waals surface area (Å²) in [4.78, 5) is 11.7. The van der Waals surface area contributed by atoms with Gasteiger partial charge in [0.2, 0.25) is 5.91 Å². The maximum absolute atomic E-state index is 11.7. The smallest absolute Gasteiger partial charge is 0.222 e. The number of aliphatic hydroxyl groups is 1. The molecule has 1 saturated carbocycles. The summed E-state index contributed by atoms with van der Waals surface area (Å²) >= 11 is 0. The molecule has 0 saturated heterocycles. The molecule has 1 atom stereocenters. The Morgan fingerprint density at radius 3 is 2.50 bits per heavy atom. The summed E-state index contributed by atoms with van der Waals surface area (Å²) in [6.07, 6.45) is 4.20. The summed E-state index contributed by atoms with van der Waals surface area (Å²) in [6, 6.07) is -0.129. The Morgan fingerprint density at radius 2 is 2.12 bits per heavy atom. The van der Waals surface area contributed by atoms with Crippen molar-refractivity contribution in [3.8, 4) is 0 Å². The average Bonchev–Trinajstić information content (AvgIpc) is 2.13. The predicted octanol–water partition coefficient (Wildman–Crippen LogP) is 0.781. The molecule has 1 fully saturated rings. The van der Waals surface area contributed by atoms with Gasteiger partial charge in [-0.1, -0.05) is 13.8 Å². The predicted molar refractivity (Wildman–Crippen MR) is 63.9 cm³/mol. The molecule has 1 amide bonds. The van der Waals surface area contributed by atoms with Crippen molar-refractivity contribution >= 4 is 5.91 Å². The molecule has 1 aliphatic carbocycles. The number of hydrogen-bond donors (Lipinski definition) is 3. The van der Waals surface area contributed by atoms with Gasteiger partial charge in [0.15, 0.2) is 0 Å². The molecule has 0 aromatic carbocycles. The van der Waals surface area contributed by atoms with E-state index in [4.69, 9.17) is 10.8 Å². The number of nitrogens with one attached hydrogen (secondary N) is 1. The highest BCUT2D eigenvalue weighted by Crippen LogP contribution is 2.31. The van der Waals surface area contributed by atoms with E-state index < -0.39 is 0 Å². The van der Waals surface area contributed by atoms with Gasteiger partial charge in [-0.3, -0.25) is 4.79 Å². The third-order valence-corrected chi connectivity index (χ3v) is 3.20. The van der Waals surface area contributed by atoms with Gasteiger partial charge in [-0.2, -0.15) is 0 Å². The van der Waals surface area contributed by atoms with Crippen LogP contribution in [0.15, 0.2) is 0 Å². The van der Waals surface area contributed by atoms with Crippen LogP contribution in [0.4, 0.5) is 0 Å². The highest BCUT2D eigenvalue weighted by atomic mass is 16.3. The van der Waals surface area contributed by atoms with Gasteiger partial charge in [-0.05, 0) is 31.6 Å². The normalized spacial score (nSPS) is 20.3. The number of amides is 1. The monoisotopic (exact) mass is 228 g/mol. The Bertz CT molecular complexity index is 237. The largest absolute Gasteiger partial charge is 0.394 e. The van der Waals surface area contributed by atoms with Crippen LogP contribution in [0, 0.1) is 5.92 Å². The van der Waals surface area contributed by atoms with Gasteiger partial charge in [-0.25, -0.2) is 0 Å². The summed E-state index contributed by atoms with van der Waals surface area (Å²) in [5.41, 5.74) is 5.72. The highest BCUT2D eigenvalue weighted by molar-refractivity contribution is 5.77. The Morgan fingerprint density at radius 1 is 1.50 bits per heavy atom. The quantitative estimate of drug-likeness (QED) is 0.629. The molecule has 0 aromatic rings. The second kappa shape index (κ2) is 5.64. The lowest BCUT2D eigenvalue weighted by Crippen LogP contribution is -2.51. The number of aliphatic hydroxyl groups excluding tert-OH is 1. The number of rotatable bonds is 6. The van der Waals surface area contributed by atoms with Crippen LogP contribution in [0.25, 0.3) is 0 Å². The molecule has 94 valence electrons. The zero-order chi connectivity index (χ0) is 12.2. The van der Waals surface area contributed by atoms with Crippen LogP contribution in [-0.4, -0.2) is 29.2 Å². The molecular formula is C12H24N2O2. The molecule has 0 heterocycles. The summed E-state index contributed by atoms with van der Waals surface area (Å²) in [6.45, 7) is 4.15. The number of nitrogens with two attached hydrogens (primary N) is 1. The summed E-state index contributed by atoms with van der Waals surface area (Å²) in [5, 5.41) is 12.0. The van der Waals surface area contributed by atoms with E-state index in [9.17, 15) is 4.79 Å². The minimum Gasteiger partial charge on any atom is -0.394 e. The second-order valence-corrected chi connectivity index (χ2v) is 5.47. The molecule has 0 radical (unpaired) electrons. The maximum Gasteiger partial charge on any atom is 0.222 e. The lowest BCUT2D eigenvalue weighted by atomic mass is 9.75. The van der Waals surface area contributed by atoms with Crippen molar-refractivity contribution in [1.29, 1.82) is 0 Å². The van der Waals surface area contributed by atoms with E-state index in [1.54, 1.807) is 0 Å². The Labute approximate surface area is 97.6 Å². The van der Waals surface area contributed by atoms with Crippen molar-refractivity contribution in [1.82, 2.24) is 5.32 Å². The topological polar surface area (TPSA) is 75.3 Å². The first-order chi connectivity index (χ1) is 7.45. The summed E-state index contributed by atoms with van der Waals surface area (Å²) in [7, 11) is 0. The molecule has 4 nitrogen and oxygen atoms in total. The fraction of sp³-hybridized carbons (Fsp3) is 0.917. The number of carbonyl (C=O) groups is 1. The third kappa shape index (κ3) is 4.10. The Hall–Kier alpha value is -0.610. The van der Waals surface area contributed by atoms with Crippen molar-refractivity contribution < 1.29 is 9.90 Å². The van der Waals surface area contributed by atoms with Gasteiger partial charge in [-0.15, -0.1) is 0 Å². The summed E-state index contributed by atoms with van der Waals surface area (Å²) in [5.74, 6) is 0.440. The zero-order valence-corrected chi connectivity index (χ0v) is 10.3. The Balaban J connectivity index is 2.31. The minimum atomic E-state index is -0.276. The molecule has 1 rings (SSSR count). The molecule has 0 aromatic heterocycles. The molecule has 1 unspecified atom stereocenters. The van der Waals surface area contributed by atoms with E-state index in [-0.39, 0.29) is 24.1 Å². The van der Waals surface area contributed by atoms with Gasteiger partial charge in [0.05, 0.1) is 12.6 Å². The zero-order valence-electron chi connectivity index (χ0n) is 10.3. The minimum absolute atomic E-state index is 0.00148. The van der Waals surface area contributed by atoms with Crippen LogP contribution in [0.1, 0.15) is 46.0 Å². The first-order valence-electron chi connectivity index (χ1n) is 6.14. The van der Waals surface area contributed by atoms with E-state index in [1.165, 1.54) is 0 Å². The average molecular weight is 228 g/mol. The Kier molecular flexibility index (Phi) is 4.74. The first kappa shape index (κ1) is 13.5. The standard InChI is InChI=1S/C12H24N2O2/c1-9(2)6-10(8-15)14-11(16)7-12(13)4-3-5-12/h9-10,15H,3-8,13H2,1-2H3,(H,14,16). The first-order valence-corrected chi connectivity index (χ1v) is 6.14. The fourth-order valence-electron chi connectivity index (χ4n) is 2.15. The second-order valence-electron chi connectivity index (χ2n) is 5.47. The fourth-order valence-corrected chi connectivity index (χ4v) is 2.15. The van der Waals surface area contributed by atoms with Crippen LogP contribution in [-0.2, 0) is 4.79 Å². The van der Waals surface area contributed by atoms with Crippen LogP contribution in [0.3, 0.4) is 0 Å². The van der Waals surface area contributed by atoms with Crippen molar-refractivity contribution in [3.63, 3.8) is 0 Å². The molecule has 4 N–H and O–H groups in total. The van der Waals surface area contributed by atoms with Crippen LogP contribution in [0.5, 0.6) is 0 Å². The SMILES string of the molecule is CC(C)CC(CO)NC(=O)CC1(N)CCC1. The number of hydrogen-bond acceptors (Lipinski definition) is 3. The van der Waals surface area contributed by atoms with E-state index in [0.29, 0.717) is 12.3 Å². The molecule has 4 heteroatoms. The molecule has 0 spiro atoms. The molecule has 1 aliphatic rings. The van der Waals surface area contributed by atoms with Crippen molar-refractivity contribution in [2.75, 3.05) is 6.61 Å². The van der Waals surface area contributed by atoms with Gasteiger partial charge in [0.25, 0.3) is 0 Å². The molecule has 0 bridgehead atoms. The molecule has 0 aliphatic heterocycles. The third-order valence-electron chi connectivity index (χ3n) is 3.20. The van der Waals surface area contributed by atoms with Gasteiger partial charge in [0.1, 0.15) is 0 Å². The van der Waals surface area contributed by atoms with E-state index in [2.05, 4.69) is 19.2 Å². The van der Waals surface area contributed by atoms with Gasteiger partial charge in [0, 0.05) is 12.0 Å². The number of carbonyl (C=O) groups excluding carboxylic acids is 1. The van der Waals surface area contributed by atoms with E-state index in [0.717, 1.165) is 25.7 Å². The van der Waals surface area contributed by atoms with Crippen molar-refractivity contribution in [3.05, 3.63) is 0 Å².